The minimum atomic E-state index is -0.633. The number of carbonyl (C=O) groups excluding carboxylic acids is 2. The fourth-order valence-electron chi connectivity index (χ4n) is 2.83. The van der Waals surface area contributed by atoms with E-state index in [2.05, 4.69) is 10.6 Å². The van der Waals surface area contributed by atoms with Crippen LogP contribution in [0.15, 0.2) is 66.1 Å². The summed E-state index contributed by atoms with van der Waals surface area (Å²) >= 11 is 1.59. The maximum Gasteiger partial charge on any atom is 0.412 e. The van der Waals surface area contributed by atoms with Gasteiger partial charge in [-0.2, -0.15) is 0 Å². The lowest BCUT2D eigenvalue weighted by Gasteiger charge is -2.20. The lowest BCUT2D eigenvalue weighted by molar-refractivity contribution is -0.111. The first kappa shape index (κ1) is 23.1. The molecule has 0 saturated carbocycles. The van der Waals surface area contributed by atoms with Crippen LogP contribution in [-0.2, 0) is 9.53 Å². The van der Waals surface area contributed by atoms with E-state index in [0.717, 1.165) is 21.8 Å². The molecule has 0 bridgehead atoms. The lowest BCUT2D eigenvalue weighted by Crippen LogP contribution is -2.27. The first-order valence-corrected chi connectivity index (χ1v) is 10.9. The summed E-state index contributed by atoms with van der Waals surface area (Å²) < 4.78 is 10.5. The van der Waals surface area contributed by atoms with Gasteiger partial charge in [0.05, 0.1) is 18.5 Å². The Morgan fingerprint density at radius 1 is 0.969 bits per heavy atom. The van der Waals surface area contributed by atoms with Gasteiger partial charge >= 0.3 is 6.09 Å². The molecule has 3 aromatic rings. The summed E-state index contributed by atoms with van der Waals surface area (Å²) in [6, 6.07) is 16.8. The lowest BCUT2D eigenvalue weighted by atomic mass is 10.1. The van der Waals surface area contributed by atoms with Gasteiger partial charge in [0.25, 0.3) is 0 Å². The van der Waals surface area contributed by atoms with Crippen molar-refractivity contribution in [2.75, 3.05) is 17.7 Å². The first-order chi connectivity index (χ1) is 15.2. The molecule has 166 valence electrons. The minimum absolute atomic E-state index is 0.323. The SMILES string of the molecule is COc1ccc(/C=C/C(=O)Nc2cc(-c3cccs3)ccc2NC(=O)OC(C)(C)C)cc1. The van der Waals surface area contributed by atoms with Crippen molar-refractivity contribution in [3.05, 3.63) is 71.6 Å². The number of ether oxygens (including phenoxy) is 2. The van der Waals surface area contributed by atoms with Gasteiger partial charge < -0.3 is 14.8 Å². The Morgan fingerprint density at radius 3 is 2.34 bits per heavy atom. The normalized spacial score (nSPS) is 11.2. The van der Waals surface area contributed by atoms with Crippen molar-refractivity contribution in [1.82, 2.24) is 0 Å². The minimum Gasteiger partial charge on any atom is -0.497 e. The Bertz CT molecular complexity index is 1100. The highest BCUT2D eigenvalue weighted by molar-refractivity contribution is 7.13. The van der Waals surface area contributed by atoms with Crippen LogP contribution in [0.1, 0.15) is 26.3 Å². The molecule has 0 fully saturated rings. The van der Waals surface area contributed by atoms with Crippen LogP contribution in [0.25, 0.3) is 16.5 Å². The molecule has 0 atom stereocenters. The summed E-state index contributed by atoms with van der Waals surface area (Å²) in [5, 5.41) is 7.56. The Kier molecular flexibility index (Phi) is 7.33. The van der Waals surface area contributed by atoms with Gasteiger partial charge in [0.2, 0.25) is 5.91 Å². The van der Waals surface area contributed by atoms with E-state index in [4.69, 9.17) is 9.47 Å². The molecule has 0 aliphatic carbocycles. The maximum atomic E-state index is 12.6. The second kappa shape index (κ2) is 10.2. The van der Waals surface area contributed by atoms with Crippen LogP contribution in [-0.4, -0.2) is 24.7 Å². The van der Waals surface area contributed by atoms with Gasteiger partial charge in [0.15, 0.2) is 0 Å². The molecule has 2 aromatic carbocycles. The van der Waals surface area contributed by atoms with E-state index in [0.29, 0.717) is 11.4 Å². The molecule has 0 saturated heterocycles. The summed E-state index contributed by atoms with van der Waals surface area (Å²) in [5.74, 6) is 0.422. The predicted molar refractivity (Wildman–Crippen MR) is 130 cm³/mol. The van der Waals surface area contributed by atoms with E-state index >= 15 is 0 Å². The number of hydrogen-bond acceptors (Lipinski definition) is 5. The number of anilines is 2. The Morgan fingerprint density at radius 2 is 1.72 bits per heavy atom. The second-order valence-corrected chi connectivity index (χ2v) is 8.91. The van der Waals surface area contributed by atoms with Gasteiger partial charge in [-0.3, -0.25) is 10.1 Å². The molecule has 2 amide bonds. The zero-order chi connectivity index (χ0) is 23.1. The van der Waals surface area contributed by atoms with Crippen molar-refractivity contribution in [3.8, 4) is 16.2 Å². The zero-order valence-corrected chi connectivity index (χ0v) is 19.3. The van der Waals surface area contributed by atoms with Gasteiger partial charge in [-0.15, -0.1) is 11.3 Å². The Hall–Kier alpha value is -3.58. The molecular formula is C25H26N2O4S. The highest BCUT2D eigenvalue weighted by Gasteiger charge is 2.18. The van der Waals surface area contributed by atoms with Gasteiger partial charge in [-0.05, 0) is 73.7 Å². The molecule has 2 N–H and O–H groups in total. The monoisotopic (exact) mass is 450 g/mol. The van der Waals surface area contributed by atoms with Crippen molar-refractivity contribution < 1.29 is 19.1 Å². The molecule has 3 rings (SSSR count). The quantitative estimate of drug-likeness (QED) is 0.425. The third-order valence-corrected chi connectivity index (χ3v) is 5.18. The summed E-state index contributed by atoms with van der Waals surface area (Å²) in [6.45, 7) is 5.37. The van der Waals surface area contributed by atoms with Crippen molar-refractivity contribution in [2.45, 2.75) is 26.4 Å². The van der Waals surface area contributed by atoms with Crippen LogP contribution in [0.4, 0.5) is 16.2 Å². The number of thiophene rings is 1. The maximum absolute atomic E-state index is 12.6. The number of carbonyl (C=O) groups is 2. The third kappa shape index (κ3) is 6.72. The molecule has 0 aliphatic heterocycles. The number of hydrogen-bond donors (Lipinski definition) is 2. The molecule has 0 aliphatic rings. The van der Waals surface area contributed by atoms with Crippen molar-refractivity contribution >= 4 is 40.8 Å². The van der Waals surface area contributed by atoms with E-state index in [9.17, 15) is 9.59 Å². The Labute approximate surface area is 191 Å². The molecule has 7 heteroatoms. The fourth-order valence-corrected chi connectivity index (χ4v) is 3.55. The second-order valence-electron chi connectivity index (χ2n) is 7.96. The molecule has 0 radical (unpaired) electrons. The van der Waals surface area contributed by atoms with Crippen LogP contribution in [0.5, 0.6) is 5.75 Å². The first-order valence-electron chi connectivity index (χ1n) is 10.0. The fraction of sp³-hybridized carbons (Fsp3) is 0.200. The number of amides is 2. The highest BCUT2D eigenvalue weighted by atomic mass is 32.1. The Balaban J connectivity index is 1.80. The van der Waals surface area contributed by atoms with Crippen LogP contribution >= 0.6 is 11.3 Å². The third-order valence-electron chi connectivity index (χ3n) is 4.26. The summed E-state index contributed by atoms with van der Waals surface area (Å²) in [7, 11) is 1.60. The highest BCUT2D eigenvalue weighted by Crippen LogP contribution is 2.32. The van der Waals surface area contributed by atoms with Gasteiger partial charge in [0.1, 0.15) is 11.4 Å². The number of nitrogens with one attached hydrogen (secondary N) is 2. The molecule has 1 aromatic heterocycles. The predicted octanol–water partition coefficient (Wildman–Crippen LogP) is 6.42. The van der Waals surface area contributed by atoms with Crippen LogP contribution in [0.2, 0.25) is 0 Å². The molecular weight excluding hydrogens is 424 g/mol. The van der Waals surface area contributed by atoms with E-state index in [1.165, 1.54) is 6.08 Å². The summed E-state index contributed by atoms with van der Waals surface area (Å²) in [6.07, 6.45) is 2.56. The number of benzene rings is 2. The van der Waals surface area contributed by atoms with Crippen LogP contribution in [0.3, 0.4) is 0 Å². The molecule has 1 heterocycles. The smallest absolute Gasteiger partial charge is 0.412 e. The van der Waals surface area contributed by atoms with Crippen molar-refractivity contribution in [3.63, 3.8) is 0 Å². The van der Waals surface area contributed by atoms with E-state index in [1.54, 1.807) is 51.4 Å². The van der Waals surface area contributed by atoms with E-state index in [1.807, 2.05) is 53.9 Å². The number of methoxy groups -OCH3 is 1. The van der Waals surface area contributed by atoms with Crippen LogP contribution < -0.4 is 15.4 Å². The van der Waals surface area contributed by atoms with Gasteiger partial charge in [-0.1, -0.05) is 24.3 Å². The number of rotatable bonds is 6. The van der Waals surface area contributed by atoms with Crippen molar-refractivity contribution in [1.29, 1.82) is 0 Å². The van der Waals surface area contributed by atoms with Gasteiger partial charge in [-0.25, -0.2) is 4.79 Å². The molecule has 32 heavy (non-hydrogen) atoms. The topological polar surface area (TPSA) is 76.7 Å². The largest absolute Gasteiger partial charge is 0.497 e. The van der Waals surface area contributed by atoms with Crippen LogP contribution in [0, 0.1) is 0 Å². The average molecular weight is 451 g/mol. The summed E-state index contributed by atoms with van der Waals surface area (Å²) in [4.78, 5) is 25.9. The van der Waals surface area contributed by atoms with Gasteiger partial charge in [0, 0.05) is 11.0 Å². The average Bonchev–Trinajstić information content (AvgIpc) is 3.27. The van der Waals surface area contributed by atoms with E-state index < -0.39 is 11.7 Å². The summed E-state index contributed by atoms with van der Waals surface area (Å²) in [5.41, 5.74) is 2.09. The molecule has 0 unspecified atom stereocenters. The molecule has 0 spiro atoms. The standard InChI is InChI=1S/C25H26N2O4S/c1-25(2,3)31-24(29)27-20-13-10-18(22-6-5-15-32-22)16-21(20)26-23(28)14-9-17-7-11-19(30-4)12-8-17/h5-16H,1-4H3,(H,26,28)(H,27,29)/b14-9+. The van der Waals surface area contributed by atoms with Crippen molar-refractivity contribution in [2.24, 2.45) is 0 Å². The molecule has 6 nitrogen and oxygen atoms in total. The zero-order valence-electron chi connectivity index (χ0n) is 18.5. The van der Waals surface area contributed by atoms with E-state index in [-0.39, 0.29) is 5.91 Å².